The number of nitriles is 1. The van der Waals surface area contributed by atoms with Crippen molar-refractivity contribution in [1.82, 2.24) is 15.8 Å². The molecule has 2 heterocycles. The van der Waals surface area contributed by atoms with Crippen LogP contribution in [0.2, 0.25) is 0 Å². The Bertz CT molecular complexity index is 789. The van der Waals surface area contributed by atoms with Gasteiger partial charge in [0, 0.05) is 30.7 Å². The number of anilines is 1. The van der Waals surface area contributed by atoms with Crippen molar-refractivity contribution in [2.45, 2.75) is 38.3 Å². The summed E-state index contributed by atoms with van der Waals surface area (Å²) in [5.74, 6) is 0.836. The second kappa shape index (κ2) is 7.29. The minimum atomic E-state index is -0.251. The van der Waals surface area contributed by atoms with Gasteiger partial charge in [-0.05, 0) is 43.4 Å². The van der Waals surface area contributed by atoms with E-state index in [0.717, 1.165) is 12.8 Å². The van der Waals surface area contributed by atoms with Crippen LogP contribution < -0.4 is 15.8 Å². The second-order valence-electron chi connectivity index (χ2n) is 7.92. The fourth-order valence-corrected chi connectivity index (χ4v) is 4.60. The lowest BCUT2D eigenvalue weighted by atomic mass is 9.76. The van der Waals surface area contributed by atoms with Gasteiger partial charge in [0.2, 0.25) is 11.8 Å². The summed E-state index contributed by atoms with van der Waals surface area (Å²) < 4.78 is 0. The number of hydrogen-bond donors (Lipinski definition) is 2. The molecule has 2 N–H and O–H groups in total. The molecule has 1 aromatic carbocycles. The first-order valence-electron chi connectivity index (χ1n) is 9.67. The van der Waals surface area contributed by atoms with Crippen LogP contribution in [0.4, 0.5) is 5.69 Å². The number of benzene rings is 1. The van der Waals surface area contributed by atoms with Crippen molar-refractivity contribution in [2.75, 3.05) is 24.5 Å². The molecule has 1 aliphatic carbocycles. The molecule has 1 aromatic rings. The van der Waals surface area contributed by atoms with Crippen LogP contribution in [0.3, 0.4) is 0 Å². The molecule has 2 amide bonds. The number of fused-ring (bicyclic) bond motifs is 1. The molecule has 0 bridgehead atoms. The molecule has 3 fully saturated rings. The standard InChI is InChI=1S/C20H25N5O2/c1-13-5-6-17-16(9-13)19(23-22-17)20(27)24-7-8-25(18(26)12-24)15-4-2-3-14(10-15)11-21/h2-4,10,13,16-17,19,22-23H,5-9,12H2,1H3. The van der Waals surface area contributed by atoms with E-state index in [2.05, 4.69) is 23.8 Å². The third-order valence-electron chi connectivity index (χ3n) is 6.10. The van der Waals surface area contributed by atoms with Gasteiger partial charge in [0.05, 0.1) is 11.6 Å². The summed E-state index contributed by atoms with van der Waals surface area (Å²) >= 11 is 0. The van der Waals surface area contributed by atoms with Crippen molar-refractivity contribution >= 4 is 17.5 Å². The molecule has 7 heteroatoms. The van der Waals surface area contributed by atoms with Crippen molar-refractivity contribution in [3.05, 3.63) is 29.8 Å². The van der Waals surface area contributed by atoms with Gasteiger partial charge in [0.15, 0.2) is 0 Å². The summed E-state index contributed by atoms with van der Waals surface area (Å²) in [5.41, 5.74) is 7.71. The van der Waals surface area contributed by atoms with E-state index in [1.807, 2.05) is 6.07 Å². The Balaban J connectivity index is 1.43. The van der Waals surface area contributed by atoms with Gasteiger partial charge in [-0.3, -0.25) is 15.0 Å². The Morgan fingerprint density at radius 1 is 1.26 bits per heavy atom. The maximum Gasteiger partial charge on any atom is 0.246 e. The van der Waals surface area contributed by atoms with Gasteiger partial charge in [-0.1, -0.05) is 13.0 Å². The summed E-state index contributed by atoms with van der Waals surface area (Å²) in [6.45, 7) is 3.28. The number of carbonyl (C=O) groups is 2. The molecule has 4 unspecified atom stereocenters. The average Bonchev–Trinajstić information content (AvgIpc) is 3.10. The van der Waals surface area contributed by atoms with Crippen LogP contribution >= 0.6 is 0 Å². The first kappa shape index (κ1) is 18.0. The van der Waals surface area contributed by atoms with Crippen LogP contribution in [-0.4, -0.2) is 48.4 Å². The highest BCUT2D eigenvalue weighted by molar-refractivity contribution is 5.98. The first-order valence-corrected chi connectivity index (χ1v) is 9.67. The lowest BCUT2D eigenvalue weighted by Gasteiger charge is -2.37. The zero-order valence-electron chi connectivity index (χ0n) is 15.5. The van der Waals surface area contributed by atoms with Crippen LogP contribution in [0.1, 0.15) is 31.7 Å². The molecule has 0 radical (unpaired) electrons. The molecule has 0 aromatic heterocycles. The van der Waals surface area contributed by atoms with Crippen LogP contribution in [-0.2, 0) is 9.59 Å². The zero-order valence-corrected chi connectivity index (χ0v) is 15.5. The molecule has 3 aliphatic rings. The number of rotatable bonds is 2. The van der Waals surface area contributed by atoms with Gasteiger partial charge in [-0.25, -0.2) is 5.43 Å². The molecule has 142 valence electrons. The van der Waals surface area contributed by atoms with Gasteiger partial charge in [0.1, 0.15) is 12.6 Å². The van der Waals surface area contributed by atoms with Crippen LogP contribution in [0, 0.1) is 23.2 Å². The minimum absolute atomic E-state index is 0.0166. The first-order chi connectivity index (χ1) is 13.1. The third-order valence-corrected chi connectivity index (χ3v) is 6.10. The van der Waals surface area contributed by atoms with Crippen LogP contribution in [0.25, 0.3) is 0 Å². The number of carbonyl (C=O) groups excluding carboxylic acids is 2. The Labute approximate surface area is 159 Å². The maximum atomic E-state index is 13.1. The minimum Gasteiger partial charge on any atom is -0.330 e. The quantitative estimate of drug-likeness (QED) is 0.815. The smallest absolute Gasteiger partial charge is 0.246 e. The molecule has 2 saturated heterocycles. The summed E-state index contributed by atoms with van der Waals surface area (Å²) in [6, 6.07) is 9.23. The van der Waals surface area contributed by atoms with Crippen molar-refractivity contribution in [3.63, 3.8) is 0 Å². The summed E-state index contributed by atoms with van der Waals surface area (Å²) in [5, 5.41) is 9.06. The third kappa shape index (κ3) is 3.43. The molecule has 7 nitrogen and oxygen atoms in total. The number of hydrogen-bond acceptors (Lipinski definition) is 5. The van der Waals surface area contributed by atoms with E-state index in [9.17, 15) is 9.59 Å². The molecular formula is C20H25N5O2. The molecular weight excluding hydrogens is 342 g/mol. The highest BCUT2D eigenvalue weighted by atomic mass is 16.2. The molecule has 27 heavy (non-hydrogen) atoms. The summed E-state index contributed by atoms with van der Waals surface area (Å²) in [4.78, 5) is 29.1. The Morgan fingerprint density at radius 2 is 2.11 bits per heavy atom. The van der Waals surface area contributed by atoms with E-state index in [0.29, 0.717) is 42.2 Å². The Kier molecular flexibility index (Phi) is 4.85. The number of piperazine rings is 1. The normalized spacial score (nSPS) is 30.7. The van der Waals surface area contributed by atoms with E-state index in [1.54, 1.807) is 28.0 Å². The van der Waals surface area contributed by atoms with Crippen molar-refractivity contribution in [2.24, 2.45) is 11.8 Å². The van der Waals surface area contributed by atoms with Gasteiger partial charge in [-0.2, -0.15) is 5.26 Å². The molecule has 0 spiro atoms. The lowest BCUT2D eigenvalue weighted by molar-refractivity contribution is -0.139. The van der Waals surface area contributed by atoms with Gasteiger partial charge < -0.3 is 9.80 Å². The second-order valence-corrected chi connectivity index (χ2v) is 7.92. The average molecular weight is 367 g/mol. The molecule has 4 rings (SSSR count). The fraction of sp³-hybridized carbons (Fsp3) is 0.550. The van der Waals surface area contributed by atoms with E-state index in [-0.39, 0.29) is 24.4 Å². The molecule has 4 atom stereocenters. The molecule has 1 saturated carbocycles. The van der Waals surface area contributed by atoms with Crippen LogP contribution in [0.15, 0.2) is 24.3 Å². The SMILES string of the molecule is CC1CCC2NNC(C(=O)N3CCN(c4cccc(C#N)c4)C(=O)C3)C2C1. The van der Waals surface area contributed by atoms with Crippen molar-refractivity contribution < 1.29 is 9.59 Å². The molecule has 2 aliphatic heterocycles. The number of amides is 2. The number of hydrazine groups is 1. The monoisotopic (exact) mass is 367 g/mol. The van der Waals surface area contributed by atoms with Gasteiger partial charge >= 0.3 is 0 Å². The topological polar surface area (TPSA) is 88.5 Å². The highest BCUT2D eigenvalue weighted by Crippen LogP contribution is 2.34. The van der Waals surface area contributed by atoms with Gasteiger partial charge in [0.25, 0.3) is 0 Å². The van der Waals surface area contributed by atoms with Crippen molar-refractivity contribution in [1.29, 1.82) is 5.26 Å². The Morgan fingerprint density at radius 3 is 2.89 bits per heavy atom. The number of nitrogens with one attached hydrogen (secondary N) is 2. The summed E-state index contributed by atoms with van der Waals surface area (Å²) in [6.07, 6.45) is 3.32. The van der Waals surface area contributed by atoms with E-state index in [4.69, 9.17) is 5.26 Å². The lowest BCUT2D eigenvalue weighted by Crippen LogP contribution is -2.57. The fourth-order valence-electron chi connectivity index (χ4n) is 4.60. The maximum absolute atomic E-state index is 13.1. The number of nitrogens with zero attached hydrogens (tertiary/aromatic N) is 3. The zero-order chi connectivity index (χ0) is 19.0. The largest absolute Gasteiger partial charge is 0.330 e. The predicted molar refractivity (Wildman–Crippen MR) is 100 cm³/mol. The van der Waals surface area contributed by atoms with Crippen LogP contribution in [0.5, 0.6) is 0 Å². The van der Waals surface area contributed by atoms with Gasteiger partial charge in [-0.15, -0.1) is 0 Å². The van der Waals surface area contributed by atoms with E-state index < -0.39 is 0 Å². The summed E-state index contributed by atoms with van der Waals surface area (Å²) in [7, 11) is 0. The highest BCUT2D eigenvalue weighted by Gasteiger charge is 2.45. The van der Waals surface area contributed by atoms with Crippen molar-refractivity contribution in [3.8, 4) is 6.07 Å². The Hall–Kier alpha value is -2.43. The van der Waals surface area contributed by atoms with E-state index in [1.165, 1.54) is 6.42 Å². The van der Waals surface area contributed by atoms with E-state index >= 15 is 0 Å². The predicted octanol–water partition coefficient (Wildman–Crippen LogP) is 1.01.